The monoisotopic (exact) mass is 340 g/mol. The van der Waals surface area contributed by atoms with Gasteiger partial charge in [-0.25, -0.2) is 4.98 Å². The smallest absolute Gasteiger partial charge is 0.242 e. The van der Waals surface area contributed by atoms with Crippen molar-refractivity contribution in [3.8, 4) is 0 Å². The zero-order valence-electron chi connectivity index (χ0n) is 13.5. The van der Waals surface area contributed by atoms with Crippen LogP contribution in [0.1, 0.15) is 46.4 Å². The van der Waals surface area contributed by atoms with Gasteiger partial charge in [0.2, 0.25) is 5.91 Å². The fourth-order valence-electron chi connectivity index (χ4n) is 2.19. The predicted molar refractivity (Wildman–Crippen MR) is 89.5 cm³/mol. The first-order valence-electron chi connectivity index (χ1n) is 7.26. The van der Waals surface area contributed by atoms with Crippen LogP contribution in [0.25, 0.3) is 0 Å². The summed E-state index contributed by atoms with van der Waals surface area (Å²) < 4.78 is 1.64. The molecule has 2 heterocycles. The SMILES string of the molecule is CC[C@@H](NC(=O)Cn1nc(C)c(Cl)c1C)c1nc(C)c(C)s1. The molecule has 0 aliphatic carbocycles. The summed E-state index contributed by atoms with van der Waals surface area (Å²) in [5, 5.41) is 8.89. The van der Waals surface area contributed by atoms with E-state index < -0.39 is 0 Å². The van der Waals surface area contributed by atoms with E-state index in [9.17, 15) is 4.79 Å². The molecule has 0 saturated carbocycles. The first-order valence-corrected chi connectivity index (χ1v) is 8.45. The quantitative estimate of drug-likeness (QED) is 0.906. The lowest BCUT2D eigenvalue weighted by Crippen LogP contribution is -2.31. The number of nitrogens with zero attached hydrogens (tertiary/aromatic N) is 3. The van der Waals surface area contributed by atoms with Gasteiger partial charge in [-0.15, -0.1) is 11.3 Å². The number of rotatable bonds is 5. The highest BCUT2D eigenvalue weighted by atomic mass is 35.5. The van der Waals surface area contributed by atoms with Crippen LogP contribution in [0.2, 0.25) is 5.02 Å². The Morgan fingerprint density at radius 2 is 2.00 bits per heavy atom. The van der Waals surface area contributed by atoms with E-state index in [0.717, 1.165) is 28.5 Å². The Labute approximate surface area is 139 Å². The number of aryl methyl sites for hydroxylation is 3. The highest BCUT2D eigenvalue weighted by molar-refractivity contribution is 7.11. The van der Waals surface area contributed by atoms with Gasteiger partial charge in [-0.3, -0.25) is 9.48 Å². The van der Waals surface area contributed by atoms with Gasteiger partial charge in [0.25, 0.3) is 0 Å². The molecule has 1 amide bonds. The molecule has 0 aliphatic rings. The number of nitrogens with one attached hydrogen (secondary N) is 1. The Morgan fingerprint density at radius 3 is 2.45 bits per heavy atom. The number of aromatic nitrogens is 3. The average Bonchev–Trinajstić information content (AvgIpc) is 2.92. The van der Waals surface area contributed by atoms with Crippen molar-refractivity contribution < 1.29 is 4.79 Å². The van der Waals surface area contributed by atoms with E-state index in [1.54, 1.807) is 16.0 Å². The molecule has 0 unspecified atom stereocenters. The van der Waals surface area contributed by atoms with E-state index >= 15 is 0 Å². The van der Waals surface area contributed by atoms with Crippen LogP contribution >= 0.6 is 22.9 Å². The van der Waals surface area contributed by atoms with Crippen LogP contribution in [0.15, 0.2) is 0 Å². The van der Waals surface area contributed by atoms with E-state index in [0.29, 0.717) is 5.02 Å². The molecule has 0 radical (unpaired) electrons. The summed E-state index contributed by atoms with van der Waals surface area (Å²) in [4.78, 5) is 18.0. The number of carbonyl (C=O) groups is 1. The van der Waals surface area contributed by atoms with Crippen LogP contribution in [0.3, 0.4) is 0 Å². The van der Waals surface area contributed by atoms with Gasteiger partial charge in [-0.1, -0.05) is 18.5 Å². The van der Waals surface area contributed by atoms with Gasteiger partial charge in [0.05, 0.1) is 28.1 Å². The highest BCUT2D eigenvalue weighted by Gasteiger charge is 2.19. The predicted octanol–water partition coefficient (Wildman–Crippen LogP) is 3.49. The number of hydrogen-bond donors (Lipinski definition) is 1. The number of thiazole rings is 1. The van der Waals surface area contributed by atoms with Crippen LogP contribution in [0.5, 0.6) is 0 Å². The van der Waals surface area contributed by atoms with Crippen LogP contribution in [-0.4, -0.2) is 20.7 Å². The number of carbonyl (C=O) groups excluding carboxylic acids is 1. The standard InChI is InChI=1S/C15H21ClN4OS/c1-6-12(15-17-8(2)11(5)22-15)18-13(21)7-20-10(4)14(16)9(3)19-20/h12H,6-7H2,1-5H3,(H,18,21)/t12-/m1/s1. The van der Waals surface area contributed by atoms with Crippen LogP contribution in [-0.2, 0) is 11.3 Å². The van der Waals surface area contributed by atoms with E-state index in [4.69, 9.17) is 11.6 Å². The first-order chi connectivity index (χ1) is 10.3. The van der Waals surface area contributed by atoms with Gasteiger partial charge in [-0.2, -0.15) is 5.10 Å². The number of halogens is 1. The second kappa shape index (κ2) is 6.79. The highest BCUT2D eigenvalue weighted by Crippen LogP contribution is 2.25. The van der Waals surface area contributed by atoms with Crippen LogP contribution in [0, 0.1) is 27.7 Å². The average molecular weight is 341 g/mol. The number of hydrogen-bond acceptors (Lipinski definition) is 4. The molecular weight excluding hydrogens is 320 g/mol. The van der Waals surface area contributed by atoms with Crippen molar-refractivity contribution in [3.05, 3.63) is 32.0 Å². The van der Waals surface area contributed by atoms with Crippen molar-refractivity contribution >= 4 is 28.8 Å². The molecule has 1 atom stereocenters. The maximum atomic E-state index is 12.3. The summed E-state index contributed by atoms with van der Waals surface area (Å²) in [6.45, 7) is 9.93. The Kier molecular flexibility index (Phi) is 5.24. The summed E-state index contributed by atoms with van der Waals surface area (Å²) in [6, 6.07) is -0.0580. The minimum atomic E-state index is -0.0837. The van der Waals surface area contributed by atoms with E-state index in [1.807, 2.05) is 34.6 Å². The van der Waals surface area contributed by atoms with Gasteiger partial charge in [0.1, 0.15) is 11.6 Å². The lowest BCUT2D eigenvalue weighted by molar-refractivity contribution is -0.122. The second-order valence-corrected chi connectivity index (χ2v) is 6.98. The lowest BCUT2D eigenvalue weighted by atomic mass is 10.2. The largest absolute Gasteiger partial charge is 0.345 e. The summed E-state index contributed by atoms with van der Waals surface area (Å²) >= 11 is 7.74. The van der Waals surface area contributed by atoms with Crippen molar-refractivity contribution in [1.82, 2.24) is 20.1 Å². The summed E-state index contributed by atoms with van der Waals surface area (Å²) in [5.41, 5.74) is 2.58. The maximum absolute atomic E-state index is 12.3. The van der Waals surface area contributed by atoms with E-state index in [2.05, 4.69) is 15.4 Å². The van der Waals surface area contributed by atoms with Crippen molar-refractivity contribution in [1.29, 1.82) is 0 Å². The maximum Gasteiger partial charge on any atom is 0.242 e. The zero-order valence-corrected chi connectivity index (χ0v) is 15.1. The second-order valence-electron chi connectivity index (χ2n) is 5.36. The normalized spacial score (nSPS) is 12.5. The molecule has 2 aromatic heterocycles. The molecule has 0 fully saturated rings. The van der Waals surface area contributed by atoms with Gasteiger partial charge in [-0.05, 0) is 34.1 Å². The third-order valence-electron chi connectivity index (χ3n) is 3.67. The Morgan fingerprint density at radius 1 is 1.32 bits per heavy atom. The number of amides is 1. The zero-order chi connectivity index (χ0) is 16.4. The minimum Gasteiger partial charge on any atom is -0.345 e. The van der Waals surface area contributed by atoms with Gasteiger partial charge in [0.15, 0.2) is 0 Å². The van der Waals surface area contributed by atoms with Crippen LogP contribution < -0.4 is 5.32 Å². The molecule has 0 bridgehead atoms. The molecule has 7 heteroatoms. The van der Waals surface area contributed by atoms with Crippen LogP contribution in [0.4, 0.5) is 0 Å². The third-order valence-corrected chi connectivity index (χ3v) is 5.41. The molecule has 0 spiro atoms. The van der Waals surface area contributed by atoms with E-state index in [-0.39, 0.29) is 18.5 Å². The molecule has 2 rings (SSSR count). The van der Waals surface area contributed by atoms with Gasteiger partial charge >= 0.3 is 0 Å². The Hall–Kier alpha value is -1.40. The molecule has 0 aromatic carbocycles. The summed E-state index contributed by atoms with van der Waals surface area (Å²) in [7, 11) is 0. The van der Waals surface area contributed by atoms with E-state index in [1.165, 1.54) is 4.88 Å². The molecule has 2 aromatic rings. The van der Waals surface area contributed by atoms with Crippen molar-refractivity contribution in [2.24, 2.45) is 0 Å². The lowest BCUT2D eigenvalue weighted by Gasteiger charge is -2.15. The Bertz CT molecular complexity index is 673. The van der Waals surface area contributed by atoms with Gasteiger partial charge in [0, 0.05) is 4.88 Å². The Balaban J connectivity index is 2.08. The molecule has 0 aliphatic heterocycles. The minimum absolute atomic E-state index is 0.0580. The molecule has 5 nitrogen and oxygen atoms in total. The summed E-state index contributed by atoms with van der Waals surface area (Å²) in [6.07, 6.45) is 0.802. The third kappa shape index (κ3) is 3.50. The topological polar surface area (TPSA) is 59.8 Å². The molecule has 22 heavy (non-hydrogen) atoms. The molecule has 0 saturated heterocycles. The van der Waals surface area contributed by atoms with Crippen molar-refractivity contribution in [2.45, 2.75) is 53.6 Å². The first kappa shape index (κ1) is 17.0. The van der Waals surface area contributed by atoms with Crippen molar-refractivity contribution in [2.75, 3.05) is 0 Å². The molecule has 1 N–H and O–H groups in total. The molecule has 120 valence electrons. The van der Waals surface area contributed by atoms with Crippen molar-refractivity contribution in [3.63, 3.8) is 0 Å². The fourth-order valence-corrected chi connectivity index (χ4v) is 3.38. The fraction of sp³-hybridized carbons (Fsp3) is 0.533. The van der Waals surface area contributed by atoms with Gasteiger partial charge < -0.3 is 5.32 Å². The molecular formula is C15H21ClN4OS. The summed E-state index contributed by atoms with van der Waals surface area (Å²) in [5.74, 6) is -0.0837.